The Morgan fingerprint density at radius 3 is 2.44 bits per heavy atom. The molecule has 1 amide bonds. The van der Waals surface area contributed by atoms with E-state index in [1.54, 1.807) is 24.3 Å². The van der Waals surface area contributed by atoms with Gasteiger partial charge >= 0.3 is 0 Å². The second kappa shape index (κ2) is 5.42. The van der Waals surface area contributed by atoms with Crippen LogP contribution in [0.3, 0.4) is 0 Å². The molecule has 2 aromatic carbocycles. The van der Waals surface area contributed by atoms with E-state index in [1.807, 2.05) is 0 Å². The predicted octanol–water partition coefficient (Wildman–Crippen LogP) is 4.02. The second-order valence-electron chi connectivity index (χ2n) is 3.63. The Balaban J connectivity index is 2.16. The Bertz CT molecular complexity index is 586. The van der Waals surface area contributed by atoms with Crippen molar-refractivity contribution < 1.29 is 9.18 Å². The van der Waals surface area contributed by atoms with Gasteiger partial charge in [-0.25, -0.2) is 4.39 Å². The van der Waals surface area contributed by atoms with Gasteiger partial charge in [-0.3, -0.25) is 4.79 Å². The smallest absolute Gasteiger partial charge is 0.255 e. The highest BCUT2D eigenvalue weighted by atomic mass is 35.5. The standard InChI is InChI=1S/C13H9ClFNOS/c14-11-6-3-9(7-12(11)15)16-13(17)8-1-4-10(18)5-2-8/h1-7,18H,(H,16,17). The van der Waals surface area contributed by atoms with Crippen LogP contribution in [0.1, 0.15) is 10.4 Å². The molecule has 1 N–H and O–H groups in total. The molecule has 0 fully saturated rings. The fourth-order valence-corrected chi connectivity index (χ4v) is 1.66. The summed E-state index contributed by atoms with van der Waals surface area (Å²) in [5, 5.41) is 2.60. The number of hydrogen-bond donors (Lipinski definition) is 2. The van der Waals surface area contributed by atoms with Gasteiger partial charge in [0, 0.05) is 16.1 Å². The Hall–Kier alpha value is -1.52. The third-order valence-corrected chi connectivity index (χ3v) is 2.91. The maximum absolute atomic E-state index is 13.2. The van der Waals surface area contributed by atoms with Crippen LogP contribution in [-0.2, 0) is 0 Å². The molecule has 0 unspecified atom stereocenters. The Morgan fingerprint density at radius 1 is 1.17 bits per heavy atom. The van der Waals surface area contributed by atoms with Gasteiger partial charge in [0.15, 0.2) is 0 Å². The van der Waals surface area contributed by atoms with Crippen LogP contribution < -0.4 is 5.32 Å². The molecule has 2 nitrogen and oxygen atoms in total. The Labute approximate surface area is 114 Å². The first-order valence-electron chi connectivity index (χ1n) is 5.12. The van der Waals surface area contributed by atoms with Crippen molar-refractivity contribution in [1.29, 1.82) is 0 Å². The molecular weight excluding hydrogens is 273 g/mol. The molecule has 0 saturated carbocycles. The molecule has 0 heterocycles. The summed E-state index contributed by atoms with van der Waals surface area (Å²) >= 11 is 9.68. The van der Waals surface area contributed by atoms with Crippen molar-refractivity contribution in [2.45, 2.75) is 4.90 Å². The first-order chi connectivity index (χ1) is 8.56. The highest BCUT2D eigenvalue weighted by Gasteiger charge is 2.07. The average molecular weight is 282 g/mol. The van der Waals surface area contributed by atoms with Gasteiger partial charge in [-0.15, -0.1) is 12.6 Å². The van der Waals surface area contributed by atoms with Gasteiger partial charge in [0.2, 0.25) is 0 Å². The number of carbonyl (C=O) groups is 1. The van der Waals surface area contributed by atoms with Gasteiger partial charge in [-0.05, 0) is 42.5 Å². The molecule has 0 radical (unpaired) electrons. The van der Waals surface area contributed by atoms with Crippen LogP contribution in [-0.4, -0.2) is 5.91 Å². The topological polar surface area (TPSA) is 29.1 Å². The monoisotopic (exact) mass is 281 g/mol. The lowest BCUT2D eigenvalue weighted by atomic mass is 10.2. The van der Waals surface area contributed by atoms with Crippen LogP contribution in [0.5, 0.6) is 0 Å². The SMILES string of the molecule is O=C(Nc1ccc(Cl)c(F)c1)c1ccc(S)cc1. The summed E-state index contributed by atoms with van der Waals surface area (Å²) in [5.41, 5.74) is 0.833. The van der Waals surface area contributed by atoms with Crippen LogP contribution in [0, 0.1) is 5.82 Å². The van der Waals surface area contributed by atoms with Crippen LogP contribution in [0.25, 0.3) is 0 Å². The molecule has 0 aliphatic rings. The van der Waals surface area contributed by atoms with E-state index in [0.29, 0.717) is 11.3 Å². The third-order valence-electron chi connectivity index (χ3n) is 2.31. The maximum Gasteiger partial charge on any atom is 0.255 e. The lowest BCUT2D eigenvalue weighted by Crippen LogP contribution is -2.11. The summed E-state index contributed by atoms with van der Waals surface area (Å²) in [4.78, 5) is 12.6. The van der Waals surface area contributed by atoms with Crippen molar-refractivity contribution in [3.05, 3.63) is 58.9 Å². The second-order valence-corrected chi connectivity index (χ2v) is 4.55. The molecule has 0 saturated heterocycles. The molecular formula is C13H9ClFNOS. The van der Waals surface area contributed by atoms with E-state index in [-0.39, 0.29) is 10.9 Å². The van der Waals surface area contributed by atoms with E-state index < -0.39 is 5.82 Å². The Kier molecular flexibility index (Phi) is 3.89. The molecule has 0 spiro atoms. The molecule has 5 heteroatoms. The average Bonchev–Trinajstić information content (AvgIpc) is 2.34. The minimum atomic E-state index is -0.569. The van der Waals surface area contributed by atoms with E-state index in [0.717, 1.165) is 4.90 Å². The van der Waals surface area contributed by atoms with E-state index in [2.05, 4.69) is 17.9 Å². The van der Waals surface area contributed by atoms with E-state index >= 15 is 0 Å². The fraction of sp³-hybridized carbons (Fsp3) is 0. The van der Waals surface area contributed by atoms with Gasteiger partial charge in [0.05, 0.1) is 5.02 Å². The first kappa shape index (κ1) is 12.9. The number of halogens is 2. The summed E-state index contributed by atoms with van der Waals surface area (Å²) in [7, 11) is 0. The molecule has 2 rings (SSSR count). The number of carbonyl (C=O) groups excluding carboxylic acids is 1. The highest BCUT2D eigenvalue weighted by Crippen LogP contribution is 2.19. The van der Waals surface area contributed by atoms with Crippen LogP contribution >= 0.6 is 24.2 Å². The predicted molar refractivity (Wildman–Crippen MR) is 73.1 cm³/mol. The highest BCUT2D eigenvalue weighted by molar-refractivity contribution is 7.80. The minimum Gasteiger partial charge on any atom is -0.322 e. The zero-order valence-corrected chi connectivity index (χ0v) is 10.8. The lowest BCUT2D eigenvalue weighted by molar-refractivity contribution is 0.102. The zero-order chi connectivity index (χ0) is 13.1. The van der Waals surface area contributed by atoms with E-state index in [1.165, 1.54) is 18.2 Å². The molecule has 0 bridgehead atoms. The maximum atomic E-state index is 13.2. The van der Waals surface area contributed by atoms with Crippen molar-refractivity contribution in [1.82, 2.24) is 0 Å². The summed E-state index contributed by atoms with van der Waals surface area (Å²) in [6.07, 6.45) is 0. The number of hydrogen-bond acceptors (Lipinski definition) is 2. The quantitative estimate of drug-likeness (QED) is 0.800. The van der Waals surface area contributed by atoms with E-state index in [4.69, 9.17) is 11.6 Å². The number of thiol groups is 1. The summed E-state index contributed by atoms with van der Waals surface area (Å²) in [6.45, 7) is 0. The number of anilines is 1. The molecule has 92 valence electrons. The van der Waals surface area contributed by atoms with Gasteiger partial charge in [-0.1, -0.05) is 11.6 Å². The largest absolute Gasteiger partial charge is 0.322 e. The first-order valence-corrected chi connectivity index (χ1v) is 5.94. The van der Waals surface area contributed by atoms with Crippen LogP contribution in [0.4, 0.5) is 10.1 Å². The van der Waals surface area contributed by atoms with Crippen LogP contribution in [0.2, 0.25) is 5.02 Å². The molecule has 0 aliphatic heterocycles. The molecule has 18 heavy (non-hydrogen) atoms. The van der Waals surface area contributed by atoms with Crippen molar-refractivity contribution in [2.24, 2.45) is 0 Å². The lowest BCUT2D eigenvalue weighted by Gasteiger charge is -2.06. The fourth-order valence-electron chi connectivity index (χ4n) is 1.39. The summed E-state index contributed by atoms with van der Waals surface area (Å²) in [6, 6.07) is 10.8. The number of rotatable bonds is 2. The molecule has 2 aromatic rings. The summed E-state index contributed by atoms with van der Waals surface area (Å²) < 4.78 is 13.2. The normalized spacial score (nSPS) is 10.2. The van der Waals surface area contributed by atoms with Gasteiger partial charge in [0.25, 0.3) is 5.91 Å². The van der Waals surface area contributed by atoms with Crippen molar-refractivity contribution in [3.8, 4) is 0 Å². The van der Waals surface area contributed by atoms with Gasteiger partial charge in [-0.2, -0.15) is 0 Å². The van der Waals surface area contributed by atoms with Crippen molar-refractivity contribution >= 4 is 35.8 Å². The summed E-state index contributed by atoms with van der Waals surface area (Å²) in [5.74, 6) is -0.884. The number of amides is 1. The van der Waals surface area contributed by atoms with Crippen molar-refractivity contribution in [2.75, 3.05) is 5.32 Å². The molecule has 0 aliphatic carbocycles. The third kappa shape index (κ3) is 3.03. The van der Waals surface area contributed by atoms with Crippen LogP contribution in [0.15, 0.2) is 47.4 Å². The Morgan fingerprint density at radius 2 is 1.83 bits per heavy atom. The zero-order valence-electron chi connectivity index (χ0n) is 9.15. The number of nitrogens with one attached hydrogen (secondary N) is 1. The number of benzene rings is 2. The molecule has 0 atom stereocenters. The minimum absolute atomic E-state index is 0.0208. The van der Waals surface area contributed by atoms with E-state index in [9.17, 15) is 9.18 Å². The van der Waals surface area contributed by atoms with Crippen molar-refractivity contribution in [3.63, 3.8) is 0 Å². The van der Waals surface area contributed by atoms with Gasteiger partial charge in [0.1, 0.15) is 5.82 Å². The van der Waals surface area contributed by atoms with Gasteiger partial charge < -0.3 is 5.32 Å². The molecule has 0 aromatic heterocycles.